The molecular weight excluding hydrogens is 328 g/mol. The summed E-state index contributed by atoms with van der Waals surface area (Å²) in [5.74, 6) is 0.520. The lowest BCUT2D eigenvalue weighted by molar-refractivity contribution is 0.0914. The third kappa shape index (κ3) is 4.37. The second-order valence-electron chi connectivity index (χ2n) is 6.66. The Morgan fingerprint density at radius 3 is 2.58 bits per heavy atom. The molecule has 7 nitrogen and oxygen atoms in total. The Morgan fingerprint density at radius 1 is 1.38 bits per heavy atom. The number of rotatable bonds is 6. The van der Waals surface area contributed by atoms with E-state index in [1.165, 1.54) is 36.7 Å². The molecule has 0 aromatic carbocycles. The Morgan fingerprint density at radius 2 is 2.00 bits per heavy atom. The largest absolute Gasteiger partial charge is 0.349 e. The molecule has 2 rings (SSSR count). The summed E-state index contributed by atoms with van der Waals surface area (Å²) in [5, 5.41) is 2.91. The zero-order chi connectivity index (χ0) is 17.9. The number of nitrogens with one attached hydrogen (secondary N) is 2. The van der Waals surface area contributed by atoms with Crippen molar-refractivity contribution in [1.29, 1.82) is 0 Å². The summed E-state index contributed by atoms with van der Waals surface area (Å²) >= 11 is 0. The lowest BCUT2D eigenvalue weighted by Crippen LogP contribution is -2.45. The van der Waals surface area contributed by atoms with E-state index in [1.54, 1.807) is 7.05 Å². The van der Waals surface area contributed by atoms with Gasteiger partial charge in [-0.25, -0.2) is 13.1 Å². The molecule has 1 amide bonds. The van der Waals surface area contributed by atoms with Gasteiger partial charge in [0.2, 0.25) is 10.0 Å². The van der Waals surface area contributed by atoms with Crippen LogP contribution in [0.3, 0.4) is 0 Å². The van der Waals surface area contributed by atoms with Gasteiger partial charge in [-0.1, -0.05) is 6.92 Å². The Balaban J connectivity index is 1.95. The minimum absolute atomic E-state index is 0.0933. The third-order valence-electron chi connectivity index (χ3n) is 4.79. The van der Waals surface area contributed by atoms with Crippen molar-refractivity contribution in [3.05, 3.63) is 18.0 Å². The predicted molar refractivity (Wildman–Crippen MR) is 93.4 cm³/mol. The van der Waals surface area contributed by atoms with Gasteiger partial charge in [0.15, 0.2) is 0 Å². The highest BCUT2D eigenvalue weighted by Gasteiger charge is 2.22. The Hall–Kier alpha value is -1.38. The van der Waals surface area contributed by atoms with Crippen LogP contribution in [0.2, 0.25) is 0 Å². The van der Waals surface area contributed by atoms with Crippen molar-refractivity contribution in [1.82, 2.24) is 19.5 Å². The van der Waals surface area contributed by atoms with Crippen molar-refractivity contribution < 1.29 is 13.2 Å². The van der Waals surface area contributed by atoms with Gasteiger partial charge in [0.25, 0.3) is 5.91 Å². The van der Waals surface area contributed by atoms with E-state index >= 15 is 0 Å². The number of aromatic nitrogens is 1. The van der Waals surface area contributed by atoms with E-state index in [2.05, 4.69) is 28.8 Å². The molecule has 1 aromatic heterocycles. The number of sulfonamides is 1. The monoisotopic (exact) mass is 356 g/mol. The highest BCUT2D eigenvalue weighted by Crippen LogP contribution is 2.18. The van der Waals surface area contributed by atoms with Crippen LogP contribution in [0.25, 0.3) is 0 Å². The first-order valence-electron chi connectivity index (χ1n) is 8.36. The lowest BCUT2D eigenvalue weighted by Gasteiger charge is -2.35. The number of hydrogen-bond donors (Lipinski definition) is 2. The molecule has 8 heteroatoms. The summed E-state index contributed by atoms with van der Waals surface area (Å²) < 4.78 is 27.4. The van der Waals surface area contributed by atoms with E-state index in [1.807, 2.05) is 0 Å². The Bertz CT molecular complexity index is 675. The molecule has 2 N–H and O–H groups in total. The minimum Gasteiger partial charge on any atom is -0.349 e. The molecule has 0 aliphatic carbocycles. The predicted octanol–water partition coefficient (Wildman–Crippen LogP) is 0.783. The number of nitrogens with zero attached hydrogens (tertiary/aromatic N) is 2. The highest BCUT2D eigenvalue weighted by atomic mass is 32.2. The molecule has 0 saturated carbocycles. The molecule has 136 valence electrons. The fourth-order valence-electron chi connectivity index (χ4n) is 2.95. The summed E-state index contributed by atoms with van der Waals surface area (Å²) in [6, 6.07) is 1.66. The van der Waals surface area contributed by atoms with Crippen LogP contribution in [-0.2, 0) is 17.1 Å². The van der Waals surface area contributed by atoms with Crippen LogP contribution in [-0.4, -0.2) is 56.5 Å². The standard InChI is InChI=1S/C16H28N4O3S/c1-12-5-7-20(8-6-12)13(2)10-18-16(21)15-9-14(11-19(15)4)24(22,23)17-3/h9,11-13,17H,5-8,10H2,1-4H3,(H,18,21). The van der Waals surface area contributed by atoms with E-state index in [0.717, 1.165) is 19.0 Å². The SMILES string of the molecule is CNS(=O)(=O)c1cc(C(=O)NCC(C)N2CCC(C)CC2)n(C)c1. The van der Waals surface area contributed by atoms with E-state index in [9.17, 15) is 13.2 Å². The smallest absolute Gasteiger partial charge is 0.267 e. The van der Waals surface area contributed by atoms with Crippen molar-refractivity contribution in [2.75, 3.05) is 26.7 Å². The highest BCUT2D eigenvalue weighted by molar-refractivity contribution is 7.89. The first-order valence-corrected chi connectivity index (χ1v) is 9.85. The van der Waals surface area contributed by atoms with Crippen LogP contribution in [0.15, 0.2) is 17.2 Å². The van der Waals surface area contributed by atoms with Crippen molar-refractivity contribution in [3.8, 4) is 0 Å². The molecule has 0 bridgehead atoms. The lowest BCUT2D eigenvalue weighted by atomic mass is 9.98. The molecule has 0 spiro atoms. The maximum absolute atomic E-state index is 12.4. The molecule has 0 radical (unpaired) electrons. The molecule has 2 heterocycles. The van der Waals surface area contributed by atoms with Crippen LogP contribution < -0.4 is 10.0 Å². The summed E-state index contributed by atoms with van der Waals surface area (Å²) in [5.41, 5.74) is 0.336. The minimum atomic E-state index is -3.55. The Kier molecular flexibility index (Phi) is 6.06. The first kappa shape index (κ1) is 19.0. The molecular formula is C16H28N4O3S. The van der Waals surface area contributed by atoms with E-state index in [4.69, 9.17) is 0 Å². The van der Waals surface area contributed by atoms with Crippen molar-refractivity contribution >= 4 is 15.9 Å². The van der Waals surface area contributed by atoms with E-state index < -0.39 is 10.0 Å². The van der Waals surface area contributed by atoms with Crippen molar-refractivity contribution in [2.45, 2.75) is 37.6 Å². The topological polar surface area (TPSA) is 83.4 Å². The second-order valence-corrected chi connectivity index (χ2v) is 8.54. The van der Waals surface area contributed by atoms with Gasteiger partial charge >= 0.3 is 0 Å². The van der Waals surface area contributed by atoms with E-state index in [0.29, 0.717) is 12.2 Å². The van der Waals surface area contributed by atoms with Gasteiger partial charge in [-0.05, 0) is 51.9 Å². The summed E-state index contributed by atoms with van der Waals surface area (Å²) in [6.07, 6.45) is 3.83. The van der Waals surface area contributed by atoms with Crippen LogP contribution >= 0.6 is 0 Å². The number of hydrogen-bond acceptors (Lipinski definition) is 4. The van der Waals surface area contributed by atoms with Crippen LogP contribution in [0, 0.1) is 5.92 Å². The van der Waals surface area contributed by atoms with E-state index in [-0.39, 0.29) is 16.8 Å². The number of aryl methyl sites for hydroxylation is 1. The fraction of sp³-hybridized carbons (Fsp3) is 0.688. The Labute approximate surface area is 144 Å². The zero-order valence-corrected chi connectivity index (χ0v) is 15.7. The number of carbonyl (C=O) groups excluding carboxylic acids is 1. The van der Waals surface area contributed by atoms with Gasteiger partial charge in [-0.15, -0.1) is 0 Å². The second kappa shape index (κ2) is 7.67. The van der Waals surface area contributed by atoms with Crippen LogP contribution in [0.5, 0.6) is 0 Å². The molecule has 1 atom stereocenters. The van der Waals surface area contributed by atoms with Gasteiger partial charge in [0, 0.05) is 25.8 Å². The average Bonchev–Trinajstić information content (AvgIpc) is 2.95. The molecule has 24 heavy (non-hydrogen) atoms. The van der Waals surface area contributed by atoms with Gasteiger partial charge in [0.1, 0.15) is 10.6 Å². The molecule has 1 aliphatic rings. The van der Waals surface area contributed by atoms with Crippen molar-refractivity contribution in [2.24, 2.45) is 13.0 Å². The quantitative estimate of drug-likeness (QED) is 0.789. The zero-order valence-electron chi connectivity index (χ0n) is 14.9. The van der Waals surface area contributed by atoms with Gasteiger partial charge in [-0.3, -0.25) is 9.69 Å². The molecule has 1 unspecified atom stereocenters. The maximum Gasteiger partial charge on any atom is 0.267 e. The number of piperidine rings is 1. The molecule has 1 aromatic rings. The summed E-state index contributed by atoms with van der Waals surface area (Å²) in [4.78, 5) is 14.9. The normalized spacial score (nSPS) is 18.5. The number of likely N-dealkylation sites (tertiary alicyclic amines) is 1. The van der Waals surface area contributed by atoms with Crippen LogP contribution in [0.4, 0.5) is 0 Å². The summed E-state index contributed by atoms with van der Waals surface area (Å²) in [6.45, 7) is 7.06. The average molecular weight is 356 g/mol. The maximum atomic E-state index is 12.4. The first-order chi connectivity index (χ1) is 11.2. The van der Waals surface area contributed by atoms with Crippen molar-refractivity contribution in [3.63, 3.8) is 0 Å². The molecule has 1 saturated heterocycles. The van der Waals surface area contributed by atoms with Gasteiger partial charge in [-0.2, -0.15) is 0 Å². The van der Waals surface area contributed by atoms with Gasteiger partial charge < -0.3 is 9.88 Å². The van der Waals surface area contributed by atoms with Gasteiger partial charge in [0.05, 0.1) is 0 Å². The molecule has 1 fully saturated rings. The van der Waals surface area contributed by atoms with Crippen LogP contribution in [0.1, 0.15) is 37.2 Å². The summed E-state index contributed by atoms with van der Waals surface area (Å²) in [7, 11) is -0.530. The fourth-order valence-corrected chi connectivity index (χ4v) is 3.75. The third-order valence-corrected chi connectivity index (χ3v) is 6.17. The number of amides is 1. The molecule has 1 aliphatic heterocycles. The number of carbonyl (C=O) groups is 1.